The van der Waals surface area contributed by atoms with Crippen molar-refractivity contribution in [3.8, 4) is 0 Å². The summed E-state index contributed by atoms with van der Waals surface area (Å²) in [4.78, 5) is 9.29. The van der Waals surface area contributed by atoms with Gasteiger partial charge in [-0.05, 0) is 38.4 Å². The molecule has 2 saturated heterocycles. The standard InChI is InChI=1S/C15H23N5/c1-11-9-19-8-3-2-5-12(19)10-20(11)13-6-4-7-18-14(13)15(16)17/h4,6-7,11-12H,2-3,5,8-10H2,1H3,(H3,16,17). The maximum atomic E-state index is 7.72. The molecule has 0 spiro atoms. The van der Waals surface area contributed by atoms with Crippen LogP contribution in [0, 0.1) is 5.41 Å². The Morgan fingerprint density at radius 3 is 3.05 bits per heavy atom. The molecule has 2 unspecified atom stereocenters. The second-order valence-corrected chi connectivity index (χ2v) is 5.93. The number of hydrogen-bond donors (Lipinski definition) is 2. The third kappa shape index (κ3) is 2.38. The van der Waals surface area contributed by atoms with E-state index in [1.165, 1.54) is 25.8 Å². The first kappa shape index (κ1) is 13.4. The molecule has 108 valence electrons. The molecular formula is C15H23N5. The van der Waals surface area contributed by atoms with Gasteiger partial charge in [0.15, 0.2) is 0 Å². The van der Waals surface area contributed by atoms with Crippen LogP contribution in [0.25, 0.3) is 0 Å². The number of nitrogen functional groups attached to an aromatic ring is 1. The molecule has 5 heteroatoms. The van der Waals surface area contributed by atoms with E-state index in [1.807, 2.05) is 12.1 Å². The Labute approximate surface area is 120 Å². The Morgan fingerprint density at radius 2 is 2.25 bits per heavy atom. The Kier molecular flexibility index (Phi) is 3.61. The van der Waals surface area contributed by atoms with E-state index in [-0.39, 0.29) is 5.84 Å². The monoisotopic (exact) mass is 273 g/mol. The zero-order valence-electron chi connectivity index (χ0n) is 12.0. The second-order valence-electron chi connectivity index (χ2n) is 5.93. The molecule has 0 bridgehead atoms. The van der Waals surface area contributed by atoms with E-state index in [0.29, 0.717) is 17.8 Å². The average molecular weight is 273 g/mol. The van der Waals surface area contributed by atoms with Crippen molar-refractivity contribution in [3.63, 3.8) is 0 Å². The second kappa shape index (κ2) is 5.40. The highest BCUT2D eigenvalue weighted by molar-refractivity contribution is 5.98. The molecule has 0 radical (unpaired) electrons. The number of anilines is 1. The predicted octanol–water partition coefficient (Wildman–Crippen LogP) is 1.43. The van der Waals surface area contributed by atoms with Gasteiger partial charge in [-0.1, -0.05) is 6.42 Å². The quantitative estimate of drug-likeness (QED) is 0.632. The molecule has 2 atom stereocenters. The summed E-state index contributed by atoms with van der Waals surface area (Å²) in [5.41, 5.74) is 7.31. The fraction of sp³-hybridized carbons (Fsp3) is 0.600. The number of nitrogens with zero attached hydrogens (tertiary/aromatic N) is 3. The molecule has 2 aliphatic rings. The lowest BCUT2D eigenvalue weighted by Crippen LogP contribution is -2.59. The van der Waals surface area contributed by atoms with Crippen molar-refractivity contribution in [1.82, 2.24) is 9.88 Å². The molecule has 2 fully saturated rings. The largest absolute Gasteiger partial charge is 0.382 e. The first-order chi connectivity index (χ1) is 9.66. The van der Waals surface area contributed by atoms with Gasteiger partial charge in [0.2, 0.25) is 0 Å². The smallest absolute Gasteiger partial charge is 0.143 e. The summed E-state index contributed by atoms with van der Waals surface area (Å²) < 4.78 is 0. The number of piperidine rings is 1. The minimum atomic E-state index is 0.0545. The third-order valence-electron chi connectivity index (χ3n) is 4.54. The minimum Gasteiger partial charge on any atom is -0.382 e. The van der Waals surface area contributed by atoms with Gasteiger partial charge in [0.25, 0.3) is 0 Å². The van der Waals surface area contributed by atoms with E-state index >= 15 is 0 Å². The van der Waals surface area contributed by atoms with Crippen molar-refractivity contribution < 1.29 is 0 Å². The predicted molar refractivity (Wildman–Crippen MR) is 81.3 cm³/mol. The molecule has 2 aliphatic heterocycles. The zero-order chi connectivity index (χ0) is 14.1. The molecule has 0 aliphatic carbocycles. The van der Waals surface area contributed by atoms with Crippen LogP contribution in [0.1, 0.15) is 31.9 Å². The fourth-order valence-electron chi connectivity index (χ4n) is 3.52. The van der Waals surface area contributed by atoms with E-state index in [0.717, 1.165) is 18.8 Å². The topological polar surface area (TPSA) is 69.2 Å². The molecule has 3 rings (SSSR count). The van der Waals surface area contributed by atoms with Gasteiger partial charge in [0, 0.05) is 31.4 Å². The lowest BCUT2D eigenvalue weighted by Gasteiger charge is -2.48. The normalized spacial score (nSPS) is 27.1. The minimum absolute atomic E-state index is 0.0545. The van der Waals surface area contributed by atoms with Crippen molar-refractivity contribution in [3.05, 3.63) is 24.0 Å². The van der Waals surface area contributed by atoms with Crippen molar-refractivity contribution >= 4 is 11.5 Å². The van der Waals surface area contributed by atoms with E-state index in [2.05, 4.69) is 21.7 Å². The molecule has 0 amide bonds. The summed E-state index contributed by atoms with van der Waals surface area (Å²) in [7, 11) is 0. The molecule has 3 N–H and O–H groups in total. The molecule has 5 nitrogen and oxygen atoms in total. The van der Waals surface area contributed by atoms with E-state index in [1.54, 1.807) is 6.20 Å². The molecule has 1 aromatic heterocycles. The number of nitrogens with two attached hydrogens (primary N) is 1. The number of pyridine rings is 1. The number of fused-ring (bicyclic) bond motifs is 1. The van der Waals surface area contributed by atoms with Crippen LogP contribution in [0.3, 0.4) is 0 Å². The Hall–Kier alpha value is -1.62. The van der Waals surface area contributed by atoms with Crippen molar-refractivity contribution in [1.29, 1.82) is 5.41 Å². The summed E-state index contributed by atoms with van der Waals surface area (Å²) in [6.45, 7) is 5.60. The average Bonchev–Trinajstić information content (AvgIpc) is 2.46. The number of hydrogen-bond acceptors (Lipinski definition) is 4. The third-order valence-corrected chi connectivity index (χ3v) is 4.54. The molecule has 20 heavy (non-hydrogen) atoms. The summed E-state index contributed by atoms with van der Waals surface area (Å²) >= 11 is 0. The Morgan fingerprint density at radius 1 is 1.40 bits per heavy atom. The molecular weight excluding hydrogens is 250 g/mol. The lowest BCUT2D eigenvalue weighted by atomic mass is 9.96. The fourth-order valence-corrected chi connectivity index (χ4v) is 3.52. The summed E-state index contributed by atoms with van der Waals surface area (Å²) in [6, 6.07) is 5.05. The van der Waals surface area contributed by atoms with Crippen molar-refractivity contribution in [2.24, 2.45) is 5.73 Å². The van der Waals surface area contributed by atoms with E-state index < -0.39 is 0 Å². The van der Waals surface area contributed by atoms with Crippen LogP contribution in [0.2, 0.25) is 0 Å². The van der Waals surface area contributed by atoms with Crippen molar-refractivity contribution in [2.45, 2.75) is 38.3 Å². The number of aromatic nitrogens is 1. The molecule has 3 heterocycles. The Bertz CT molecular complexity index is 501. The van der Waals surface area contributed by atoms with Crippen LogP contribution in [-0.4, -0.2) is 47.4 Å². The number of rotatable bonds is 2. The number of amidine groups is 1. The van der Waals surface area contributed by atoms with Gasteiger partial charge < -0.3 is 10.6 Å². The number of nitrogens with one attached hydrogen (secondary N) is 1. The van der Waals surface area contributed by atoms with Gasteiger partial charge in [-0.2, -0.15) is 0 Å². The molecule has 0 saturated carbocycles. The van der Waals surface area contributed by atoms with Crippen LogP contribution in [0.4, 0.5) is 5.69 Å². The highest BCUT2D eigenvalue weighted by Gasteiger charge is 2.34. The van der Waals surface area contributed by atoms with Crippen LogP contribution >= 0.6 is 0 Å². The number of piperazine rings is 1. The van der Waals surface area contributed by atoms with Crippen LogP contribution in [-0.2, 0) is 0 Å². The van der Waals surface area contributed by atoms with Gasteiger partial charge in [0.1, 0.15) is 11.5 Å². The van der Waals surface area contributed by atoms with Crippen molar-refractivity contribution in [2.75, 3.05) is 24.5 Å². The Balaban J connectivity index is 1.88. The first-order valence-corrected chi connectivity index (χ1v) is 7.47. The highest BCUT2D eigenvalue weighted by Crippen LogP contribution is 2.29. The van der Waals surface area contributed by atoms with Crippen LogP contribution < -0.4 is 10.6 Å². The highest BCUT2D eigenvalue weighted by atomic mass is 15.3. The van der Waals surface area contributed by atoms with Gasteiger partial charge in [0.05, 0.1) is 5.69 Å². The SMILES string of the molecule is CC1CN2CCCCC2CN1c1cccnc1C(=N)N. The van der Waals surface area contributed by atoms with Gasteiger partial charge >= 0.3 is 0 Å². The van der Waals surface area contributed by atoms with Gasteiger partial charge in [-0.25, -0.2) is 0 Å². The maximum absolute atomic E-state index is 7.72. The lowest BCUT2D eigenvalue weighted by molar-refractivity contribution is 0.115. The van der Waals surface area contributed by atoms with E-state index in [9.17, 15) is 0 Å². The van der Waals surface area contributed by atoms with Crippen LogP contribution in [0.15, 0.2) is 18.3 Å². The van der Waals surface area contributed by atoms with Gasteiger partial charge in [-0.3, -0.25) is 15.3 Å². The summed E-state index contributed by atoms with van der Waals surface area (Å²) in [5.74, 6) is 0.0545. The molecule has 1 aromatic rings. The maximum Gasteiger partial charge on any atom is 0.143 e. The van der Waals surface area contributed by atoms with Gasteiger partial charge in [-0.15, -0.1) is 0 Å². The van der Waals surface area contributed by atoms with E-state index in [4.69, 9.17) is 11.1 Å². The summed E-state index contributed by atoms with van der Waals surface area (Å²) in [6.07, 6.45) is 5.64. The van der Waals surface area contributed by atoms with Crippen LogP contribution in [0.5, 0.6) is 0 Å². The first-order valence-electron chi connectivity index (χ1n) is 7.47. The zero-order valence-corrected chi connectivity index (χ0v) is 12.0. The summed E-state index contributed by atoms with van der Waals surface area (Å²) in [5, 5.41) is 7.72. The molecule has 0 aromatic carbocycles.